The van der Waals surface area contributed by atoms with Gasteiger partial charge in [0.15, 0.2) is 5.96 Å². The molecule has 0 aliphatic carbocycles. The summed E-state index contributed by atoms with van der Waals surface area (Å²) in [5.74, 6) is 0.623. The van der Waals surface area contributed by atoms with Crippen LogP contribution in [0.2, 0.25) is 0 Å². The fourth-order valence-electron chi connectivity index (χ4n) is 3.57. The molecule has 7 heteroatoms. The number of rotatable bonds is 7. The van der Waals surface area contributed by atoms with Gasteiger partial charge in [-0.3, -0.25) is 9.69 Å². The number of hydrogen-bond donors (Lipinski definition) is 3. The molecule has 2 rings (SSSR count). The Morgan fingerprint density at radius 2 is 1.80 bits per heavy atom. The number of anilines is 1. The minimum absolute atomic E-state index is 0.0673. The predicted octanol–water partition coefficient (Wildman–Crippen LogP) is 1.90. The molecule has 1 fully saturated rings. The number of nitrogens with one attached hydrogen (secondary N) is 3. The molecule has 1 aromatic carbocycles. The van der Waals surface area contributed by atoms with Crippen molar-refractivity contribution in [1.29, 1.82) is 0 Å². The largest absolute Gasteiger partial charge is 0.369 e. The Bertz CT molecular complexity index is 717. The lowest BCUT2D eigenvalue weighted by Gasteiger charge is -2.37. The maximum Gasteiger partial charge on any atom is 0.242 e. The lowest BCUT2D eigenvalue weighted by molar-refractivity contribution is -0.121. The first-order valence-corrected chi connectivity index (χ1v) is 11.1. The van der Waals surface area contributed by atoms with Gasteiger partial charge in [-0.1, -0.05) is 12.1 Å². The van der Waals surface area contributed by atoms with Crippen molar-refractivity contribution in [3.8, 4) is 0 Å². The SMILES string of the molecule is CCNC(=NCC(=O)NC(C)(C)C)NCCN1CCN(c2cccc(C)c2C)CC1. The van der Waals surface area contributed by atoms with Gasteiger partial charge < -0.3 is 20.9 Å². The zero-order chi connectivity index (χ0) is 22.1. The van der Waals surface area contributed by atoms with Crippen LogP contribution < -0.4 is 20.9 Å². The van der Waals surface area contributed by atoms with E-state index in [4.69, 9.17) is 0 Å². The average Bonchev–Trinajstić information content (AvgIpc) is 2.67. The number of aryl methyl sites for hydroxylation is 1. The number of carbonyl (C=O) groups is 1. The third-order valence-electron chi connectivity index (χ3n) is 5.25. The highest BCUT2D eigenvalue weighted by molar-refractivity contribution is 5.85. The van der Waals surface area contributed by atoms with E-state index < -0.39 is 0 Å². The van der Waals surface area contributed by atoms with Crippen LogP contribution in [0.3, 0.4) is 0 Å². The van der Waals surface area contributed by atoms with Crippen LogP contribution in [0.25, 0.3) is 0 Å². The summed E-state index contributed by atoms with van der Waals surface area (Å²) in [5.41, 5.74) is 3.86. The van der Waals surface area contributed by atoms with E-state index >= 15 is 0 Å². The van der Waals surface area contributed by atoms with Crippen LogP contribution in [-0.2, 0) is 4.79 Å². The van der Waals surface area contributed by atoms with E-state index in [0.29, 0.717) is 5.96 Å². The Morgan fingerprint density at radius 3 is 2.43 bits per heavy atom. The Labute approximate surface area is 182 Å². The first kappa shape index (κ1) is 24.0. The minimum atomic E-state index is -0.239. The molecule has 0 spiro atoms. The molecular formula is C23H40N6O. The molecule has 7 nitrogen and oxygen atoms in total. The highest BCUT2D eigenvalue weighted by Gasteiger charge is 2.18. The molecule has 168 valence electrons. The van der Waals surface area contributed by atoms with Crippen LogP contribution in [0.4, 0.5) is 5.69 Å². The van der Waals surface area contributed by atoms with E-state index in [0.717, 1.165) is 45.8 Å². The van der Waals surface area contributed by atoms with Gasteiger partial charge in [0.1, 0.15) is 6.54 Å². The second kappa shape index (κ2) is 11.2. The number of hydrogen-bond acceptors (Lipinski definition) is 4. The predicted molar refractivity (Wildman–Crippen MR) is 126 cm³/mol. The van der Waals surface area contributed by atoms with Crippen molar-refractivity contribution in [2.45, 2.75) is 47.1 Å². The van der Waals surface area contributed by atoms with Crippen LogP contribution in [0.15, 0.2) is 23.2 Å². The van der Waals surface area contributed by atoms with Crippen molar-refractivity contribution in [2.24, 2.45) is 4.99 Å². The van der Waals surface area contributed by atoms with Crippen molar-refractivity contribution in [1.82, 2.24) is 20.9 Å². The molecule has 0 bridgehead atoms. The van der Waals surface area contributed by atoms with Crippen molar-refractivity contribution in [3.63, 3.8) is 0 Å². The molecule has 0 saturated carbocycles. The quantitative estimate of drug-likeness (QED) is 0.468. The summed E-state index contributed by atoms with van der Waals surface area (Å²) < 4.78 is 0. The van der Waals surface area contributed by atoms with Crippen LogP contribution in [0, 0.1) is 13.8 Å². The topological polar surface area (TPSA) is 72.0 Å². The van der Waals surface area contributed by atoms with Crippen LogP contribution in [0.1, 0.15) is 38.8 Å². The standard InChI is InChI=1S/C23H40N6O/c1-7-24-22(26-17-21(30)27-23(4,5)6)25-11-12-28-13-15-29(16-14-28)20-10-8-9-18(2)19(20)3/h8-10H,7,11-17H2,1-6H3,(H,27,30)(H2,24,25,26). The third-order valence-corrected chi connectivity index (χ3v) is 5.25. The highest BCUT2D eigenvalue weighted by Crippen LogP contribution is 2.23. The minimum Gasteiger partial charge on any atom is -0.369 e. The summed E-state index contributed by atoms with van der Waals surface area (Å²) in [6.07, 6.45) is 0. The van der Waals surface area contributed by atoms with E-state index in [1.165, 1.54) is 16.8 Å². The van der Waals surface area contributed by atoms with Gasteiger partial charge in [0.05, 0.1) is 0 Å². The number of benzene rings is 1. The number of aliphatic imine (C=N–C) groups is 1. The molecule has 1 aliphatic rings. The number of amides is 1. The number of guanidine groups is 1. The molecule has 1 amide bonds. The zero-order valence-electron chi connectivity index (χ0n) is 19.6. The molecule has 1 saturated heterocycles. The number of carbonyl (C=O) groups excluding carboxylic acids is 1. The lowest BCUT2D eigenvalue weighted by Crippen LogP contribution is -2.49. The van der Waals surface area contributed by atoms with Gasteiger partial charge >= 0.3 is 0 Å². The van der Waals surface area contributed by atoms with E-state index in [1.54, 1.807) is 0 Å². The molecule has 3 N–H and O–H groups in total. The smallest absolute Gasteiger partial charge is 0.242 e. The van der Waals surface area contributed by atoms with E-state index in [9.17, 15) is 4.79 Å². The Kier molecular flexibility index (Phi) is 8.96. The van der Waals surface area contributed by atoms with Crippen molar-refractivity contribution in [3.05, 3.63) is 29.3 Å². The molecule has 0 atom stereocenters. The van der Waals surface area contributed by atoms with Gasteiger partial charge in [0, 0.05) is 57.0 Å². The Hall–Kier alpha value is -2.28. The zero-order valence-corrected chi connectivity index (χ0v) is 19.6. The molecule has 1 aliphatic heterocycles. The second-order valence-corrected chi connectivity index (χ2v) is 8.97. The molecule has 0 unspecified atom stereocenters. The van der Waals surface area contributed by atoms with Gasteiger partial charge in [-0.25, -0.2) is 4.99 Å². The van der Waals surface area contributed by atoms with Gasteiger partial charge in [-0.15, -0.1) is 0 Å². The molecule has 0 radical (unpaired) electrons. The molecule has 0 aromatic heterocycles. The monoisotopic (exact) mass is 416 g/mol. The van der Waals surface area contributed by atoms with Gasteiger partial charge in [-0.2, -0.15) is 0 Å². The summed E-state index contributed by atoms with van der Waals surface area (Å²) in [5, 5.41) is 9.49. The fourth-order valence-corrected chi connectivity index (χ4v) is 3.57. The summed E-state index contributed by atoms with van der Waals surface area (Å²) in [7, 11) is 0. The second-order valence-electron chi connectivity index (χ2n) is 8.97. The van der Waals surface area contributed by atoms with Crippen molar-refractivity contribution < 1.29 is 4.79 Å². The normalized spacial score (nSPS) is 15.8. The molecule has 30 heavy (non-hydrogen) atoms. The summed E-state index contributed by atoms with van der Waals surface area (Å²) >= 11 is 0. The number of piperazine rings is 1. The van der Waals surface area contributed by atoms with Gasteiger partial charge in [-0.05, 0) is 58.7 Å². The van der Waals surface area contributed by atoms with Crippen LogP contribution in [0.5, 0.6) is 0 Å². The summed E-state index contributed by atoms with van der Waals surface area (Å²) in [6, 6.07) is 6.56. The van der Waals surface area contributed by atoms with E-state index in [-0.39, 0.29) is 18.0 Å². The van der Waals surface area contributed by atoms with E-state index in [1.807, 2.05) is 27.7 Å². The molecule has 1 heterocycles. The van der Waals surface area contributed by atoms with Crippen molar-refractivity contribution in [2.75, 3.05) is 57.3 Å². The van der Waals surface area contributed by atoms with Gasteiger partial charge in [0.25, 0.3) is 0 Å². The van der Waals surface area contributed by atoms with E-state index in [2.05, 4.69) is 62.8 Å². The average molecular weight is 417 g/mol. The Morgan fingerprint density at radius 1 is 1.10 bits per heavy atom. The van der Waals surface area contributed by atoms with Gasteiger partial charge in [0.2, 0.25) is 5.91 Å². The maximum atomic E-state index is 12.0. The molecular weight excluding hydrogens is 376 g/mol. The molecule has 1 aromatic rings. The van der Waals surface area contributed by atoms with Crippen molar-refractivity contribution >= 4 is 17.6 Å². The maximum absolute atomic E-state index is 12.0. The first-order chi connectivity index (χ1) is 14.2. The summed E-state index contributed by atoms with van der Waals surface area (Å²) in [4.78, 5) is 21.4. The number of nitrogens with zero attached hydrogens (tertiary/aromatic N) is 3. The fraction of sp³-hybridized carbons (Fsp3) is 0.652. The summed E-state index contributed by atoms with van der Waals surface area (Å²) in [6.45, 7) is 19.2. The van der Waals surface area contributed by atoms with Crippen LogP contribution in [-0.4, -0.2) is 74.7 Å². The first-order valence-electron chi connectivity index (χ1n) is 11.1. The van der Waals surface area contributed by atoms with Crippen LogP contribution >= 0.6 is 0 Å². The third kappa shape index (κ3) is 7.86. The Balaban J connectivity index is 1.76. The highest BCUT2D eigenvalue weighted by atomic mass is 16.2. The lowest BCUT2D eigenvalue weighted by atomic mass is 10.1.